The third-order valence-corrected chi connectivity index (χ3v) is 4.98. The average Bonchev–Trinajstić information content (AvgIpc) is 2.71. The van der Waals surface area contributed by atoms with Gasteiger partial charge in [-0.1, -0.05) is 0 Å². The number of hydrogen-bond donors (Lipinski definition) is 3. The van der Waals surface area contributed by atoms with Gasteiger partial charge in [0.1, 0.15) is 4.90 Å². The molecule has 2 heterocycles. The summed E-state index contributed by atoms with van der Waals surface area (Å²) in [6, 6.07) is 0. The number of sulfonamides is 1. The zero-order valence-corrected chi connectivity index (χ0v) is 12.1. The number of nitrogens with one attached hydrogen (secondary N) is 2. The molecule has 0 spiro atoms. The molecule has 3 N–H and O–H groups in total. The number of aromatic nitrogens is 2. The van der Waals surface area contributed by atoms with Gasteiger partial charge in [0.15, 0.2) is 5.69 Å². The number of carboxylic acids is 1. The number of H-pyrrole nitrogens is 1. The number of ether oxygens (including phenoxy) is 1. The molecule has 0 amide bonds. The molecule has 112 valence electrons. The van der Waals surface area contributed by atoms with Crippen molar-refractivity contribution < 1.29 is 23.1 Å². The predicted octanol–water partition coefficient (Wildman–Crippen LogP) is 0.264. The maximum absolute atomic E-state index is 12.4. The third-order valence-electron chi connectivity index (χ3n) is 3.18. The molecule has 1 aromatic rings. The maximum atomic E-state index is 12.4. The van der Waals surface area contributed by atoms with Crippen LogP contribution >= 0.6 is 0 Å². The molecule has 20 heavy (non-hydrogen) atoms. The minimum atomic E-state index is -3.99. The van der Waals surface area contributed by atoms with Gasteiger partial charge in [0.05, 0.1) is 17.8 Å². The van der Waals surface area contributed by atoms with Crippen LogP contribution in [0.2, 0.25) is 0 Å². The Morgan fingerprint density at radius 3 is 2.80 bits per heavy atom. The molecule has 0 aromatic carbocycles. The van der Waals surface area contributed by atoms with E-state index in [1.165, 1.54) is 6.92 Å². The van der Waals surface area contributed by atoms with Crippen molar-refractivity contribution in [2.24, 2.45) is 0 Å². The lowest BCUT2D eigenvalue weighted by Gasteiger charge is -2.33. The lowest BCUT2D eigenvalue weighted by molar-refractivity contribution is 0.0386. The molecular formula is C11H17N3O5S. The van der Waals surface area contributed by atoms with E-state index in [4.69, 9.17) is 9.84 Å². The molecule has 0 saturated carbocycles. The Balaban J connectivity index is 2.36. The van der Waals surface area contributed by atoms with E-state index in [-0.39, 0.29) is 17.2 Å². The fourth-order valence-electron chi connectivity index (χ4n) is 2.28. The normalized spacial score (nSPS) is 23.7. The summed E-state index contributed by atoms with van der Waals surface area (Å²) in [7, 11) is -3.99. The van der Waals surface area contributed by atoms with Crippen molar-refractivity contribution in [1.82, 2.24) is 14.9 Å². The number of carboxylic acid groups (broad SMARTS) is 1. The van der Waals surface area contributed by atoms with E-state index in [2.05, 4.69) is 14.9 Å². The van der Waals surface area contributed by atoms with Gasteiger partial charge in [-0.15, -0.1) is 0 Å². The second-order valence-corrected chi connectivity index (χ2v) is 6.77. The second-order valence-electron chi connectivity index (χ2n) is 5.15. The molecule has 9 heteroatoms. The number of aromatic carboxylic acids is 1. The van der Waals surface area contributed by atoms with Gasteiger partial charge in [-0.25, -0.2) is 17.9 Å². The first-order valence-corrected chi connectivity index (χ1v) is 7.63. The monoisotopic (exact) mass is 303 g/mol. The number of carbonyl (C=O) groups is 1. The zero-order valence-electron chi connectivity index (χ0n) is 11.3. The molecule has 1 aliphatic heterocycles. The Hall–Kier alpha value is -1.45. The molecule has 1 atom stereocenters. The predicted molar refractivity (Wildman–Crippen MR) is 69.1 cm³/mol. The molecule has 1 saturated heterocycles. The van der Waals surface area contributed by atoms with Crippen LogP contribution in [-0.2, 0) is 14.8 Å². The van der Waals surface area contributed by atoms with E-state index in [1.807, 2.05) is 0 Å². The van der Waals surface area contributed by atoms with E-state index in [0.29, 0.717) is 13.0 Å². The van der Waals surface area contributed by atoms with Crippen molar-refractivity contribution in [2.45, 2.75) is 37.1 Å². The fraction of sp³-hybridized carbons (Fsp3) is 0.636. The van der Waals surface area contributed by atoms with Gasteiger partial charge >= 0.3 is 5.97 Å². The Morgan fingerprint density at radius 1 is 1.55 bits per heavy atom. The minimum absolute atomic E-state index is 0.190. The summed E-state index contributed by atoms with van der Waals surface area (Å²) >= 11 is 0. The highest BCUT2D eigenvalue weighted by atomic mass is 32.2. The average molecular weight is 303 g/mol. The molecule has 0 radical (unpaired) electrons. The molecule has 1 aromatic heterocycles. The van der Waals surface area contributed by atoms with Crippen molar-refractivity contribution in [3.63, 3.8) is 0 Å². The standard InChI is InChI=1S/C11H17N3O5S/c1-7-9(8(10(15)16)13-12-7)20(17,18)14-11(2)4-3-5-19-6-11/h14H,3-6H2,1-2H3,(H,12,13)(H,15,16). The molecule has 0 aliphatic carbocycles. The highest BCUT2D eigenvalue weighted by Gasteiger charge is 2.36. The van der Waals surface area contributed by atoms with E-state index in [1.54, 1.807) is 6.92 Å². The molecule has 1 unspecified atom stereocenters. The first kappa shape index (κ1) is 14.9. The smallest absolute Gasteiger partial charge is 0.357 e. The summed E-state index contributed by atoms with van der Waals surface area (Å²) in [5.74, 6) is -1.39. The van der Waals surface area contributed by atoms with Gasteiger partial charge in [-0.05, 0) is 26.7 Å². The first-order valence-electron chi connectivity index (χ1n) is 6.15. The summed E-state index contributed by atoms with van der Waals surface area (Å²) in [5.41, 5.74) is -1.05. The number of aromatic amines is 1. The van der Waals surface area contributed by atoms with Crippen molar-refractivity contribution in [1.29, 1.82) is 0 Å². The first-order chi connectivity index (χ1) is 9.25. The van der Waals surface area contributed by atoms with Crippen LogP contribution in [0.4, 0.5) is 0 Å². The zero-order chi connectivity index (χ0) is 15.0. The topological polar surface area (TPSA) is 121 Å². The van der Waals surface area contributed by atoms with Crippen LogP contribution in [0.5, 0.6) is 0 Å². The summed E-state index contributed by atoms with van der Waals surface area (Å²) in [5, 5.41) is 14.9. The summed E-state index contributed by atoms with van der Waals surface area (Å²) in [6.07, 6.45) is 1.38. The summed E-state index contributed by atoms with van der Waals surface area (Å²) in [4.78, 5) is 10.7. The molecule has 8 nitrogen and oxygen atoms in total. The summed E-state index contributed by atoms with van der Waals surface area (Å²) < 4.78 is 32.7. The molecule has 2 rings (SSSR count). The van der Waals surface area contributed by atoms with Crippen LogP contribution in [0.15, 0.2) is 4.90 Å². The van der Waals surface area contributed by atoms with Crippen molar-refractivity contribution in [2.75, 3.05) is 13.2 Å². The second kappa shape index (κ2) is 5.15. The van der Waals surface area contributed by atoms with E-state index in [9.17, 15) is 13.2 Å². The van der Waals surface area contributed by atoms with Crippen LogP contribution in [0.1, 0.15) is 35.9 Å². The third kappa shape index (κ3) is 2.84. The van der Waals surface area contributed by atoms with E-state index < -0.39 is 27.2 Å². The van der Waals surface area contributed by atoms with Crippen LogP contribution in [0.25, 0.3) is 0 Å². The van der Waals surface area contributed by atoms with Gasteiger partial charge in [0.2, 0.25) is 10.0 Å². The van der Waals surface area contributed by atoms with Crippen molar-refractivity contribution >= 4 is 16.0 Å². The Kier molecular flexibility index (Phi) is 3.85. The van der Waals surface area contributed by atoms with Crippen LogP contribution in [-0.4, -0.2) is 48.4 Å². The van der Waals surface area contributed by atoms with Gasteiger partial charge in [-0.3, -0.25) is 5.10 Å². The van der Waals surface area contributed by atoms with Gasteiger partial charge < -0.3 is 9.84 Å². The molecular weight excluding hydrogens is 286 g/mol. The largest absolute Gasteiger partial charge is 0.476 e. The molecule has 1 aliphatic rings. The quantitative estimate of drug-likeness (QED) is 0.733. The van der Waals surface area contributed by atoms with Gasteiger partial charge in [0.25, 0.3) is 0 Å². The van der Waals surface area contributed by atoms with E-state index in [0.717, 1.165) is 6.42 Å². The number of hydrogen-bond acceptors (Lipinski definition) is 5. The van der Waals surface area contributed by atoms with Gasteiger partial charge in [0, 0.05) is 6.61 Å². The Bertz CT molecular complexity index is 616. The lowest BCUT2D eigenvalue weighted by Crippen LogP contribution is -2.51. The highest BCUT2D eigenvalue weighted by Crippen LogP contribution is 2.24. The van der Waals surface area contributed by atoms with Crippen LogP contribution in [0.3, 0.4) is 0 Å². The summed E-state index contributed by atoms with van der Waals surface area (Å²) in [6.45, 7) is 4.06. The van der Waals surface area contributed by atoms with Crippen LogP contribution in [0, 0.1) is 6.92 Å². The van der Waals surface area contributed by atoms with Gasteiger partial charge in [-0.2, -0.15) is 5.10 Å². The highest BCUT2D eigenvalue weighted by molar-refractivity contribution is 7.89. The lowest BCUT2D eigenvalue weighted by atomic mass is 9.97. The Labute approximate surface area is 116 Å². The molecule has 0 bridgehead atoms. The SMILES string of the molecule is Cc1[nH]nc(C(=O)O)c1S(=O)(=O)NC1(C)CCCOC1. The van der Waals surface area contributed by atoms with Crippen molar-refractivity contribution in [3.8, 4) is 0 Å². The fourth-order valence-corrected chi connectivity index (χ4v) is 4.03. The number of aryl methyl sites for hydroxylation is 1. The number of nitrogens with zero attached hydrogens (tertiary/aromatic N) is 1. The van der Waals surface area contributed by atoms with Crippen molar-refractivity contribution in [3.05, 3.63) is 11.4 Å². The van der Waals surface area contributed by atoms with Crippen LogP contribution < -0.4 is 4.72 Å². The Morgan fingerprint density at radius 2 is 2.25 bits per heavy atom. The number of rotatable bonds is 4. The molecule has 1 fully saturated rings. The maximum Gasteiger partial charge on any atom is 0.357 e. The minimum Gasteiger partial charge on any atom is -0.476 e. The van der Waals surface area contributed by atoms with E-state index >= 15 is 0 Å².